The maximum absolute atomic E-state index is 10.9. The lowest BCUT2D eigenvalue weighted by Gasteiger charge is -2.23. The third-order valence-electron chi connectivity index (χ3n) is 2.63. The van der Waals surface area contributed by atoms with Gasteiger partial charge in [-0.3, -0.25) is 0 Å². The van der Waals surface area contributed by atoms with Crippen molar-refractivity contribution in [3.8, 4) is 0 Å². The first-order valence-electron chi connectivity index (χ1n) is 4.61. The zero-order chi connectivity index (χ0) is 8.86. The van der Waals surface area contributed by atoms with Gasteiger partial charge < -0.3 is 10.1 Å². The average molecular weight is 167 g/mol. The van der Waals surface area contributed by atoms with Gasteiger partial charge in [0, 0.05) is 5.41 Å². The summed E-state index contributed by atoms with van der Waals surface area (Å²) < 4.78 is 0. The lowest BCUT2D eigenvalue weighted by Crippen LogP contribution is -2.23. The summed E-state index contributed by atoms with van der Waals surface area (Å²) in [6.07, 6.45) is 6.89. The molecule has 0 amide bonds. The molecule has 1 heterocycles. The van der Waals surface area contributed by atoms with Crippen LogP contribution >= 0.6 is 0 Å². The van der Waals surface area contributed by atoms with Gasteiger partial charge in [-0.05, 0) is 38.8 Å². The maximum Gasteiger partial charge on any atom is 0.126 e. The van der Waals surface area contributed by atoms with Gasteiger partial charge in [0.1, 0.15) is 6.29 Å². The summed E-state index contributed by atoms with van der Waals surface area (Å²) in [5.74, 6) is 0. The Kier molecular flexibility index (Phi) is 3.48. The highest BCUT2D eigenvalue weighted by Gasteiger charge is 2.28. The molecule has 2 nitrogen and oxygen atoms in total. The minimum atomic E-state index is -0.106. The van der Waals surface area contributed by atoms with E-state index in [1.54, 1.807) is 0 Å². The number of rotatable bonds is 3. The van der Waals surface area contributed by atoms with Crippen LogP contribution in [-0.2, 0) is 4.79 Å². The van der Waals surface area contributed by atoms with Gasteiger partial charge in [-0.25, -0.2) is 0 Å². The van der Waals surface area contributed by atoms with E-state index in [0.29, 0.717) is 0 Å². The second-order valence-electron chi connectivity index (χ2n) is 3.58. The summed E-state index contributed by atoms with van der Waals surface area (Å²) in [4.78, 5) is 10.9. The van der Waals surface area contributed by atoms with Crippen LogP contribution in [0.3, 0.4) is 0 Å². The first-order chi connectivity index (χ1) is 5.83. The van der Waals surface area contributed by atoms with Crippen molar-refractivity contribution in [2.45, 2.75) is 25.7 Å². The van der Waals surface area contributed by atoms with Gasteiger partial charge >= 0.3 is 0 Å². The summed E-state index contributed by atoms with van der Waals surface area (Å²) >= 11 is 0. The van der Waals surface area contributed by atoms with Crippen molar-refractivity contribution in [2.75, 3.05) is 13.1 Å². The maximum atomic E-state index is 10.9. The molecule has 0 aromatic rings. The van der Waals surface area contributed by atoms with E-state index in [2.05, 4.69) is 11.9 Å². The fraction of sp³-hybridized carbons (Fsp3) is 0.700. The van der Waals surface area contributed by atoms with Crippen LogP contribution in [0.4, 0.5) is 0 Å². The largest absolute Gasteiger partial charge is 0.317 e. The lowest BCUT2D eigenvalue weighted by atomic mass is 9.79. The van der Waals surface area contributed by atoms with Gasteiger partial charge in [-0.2, -0.15) is 0 Å². The van der Waals surface area contributed by atoms with Crippen molar-refractivity contribution >= 4 is 6.29 Å². The van der Waals surface area contributed by atoms with Gasteiger partial charge in [-0.1, -0.05) is 6.08 Å². The van der Waals surface area contributed by atoms with Crippen LogP contribution in [0.5, 0.6) is 0 Å². The minimum Gasteiger partial charge on any atom is -0.317 e. The number of nitrogens with one attached hydrogen (secondary N) is 1. The lowest BCUT2D eigenvalue weighted by molar-refractivity contribution is -0.116. The highest BCUT2D eigenvalue weighted by atomic mass is 16.1. The molecule has 68 valence electrons. The number of allylic oxidation sites excluding steroid dienone is 1. The molecule has 2 heteroatoms. The van der Waals surface area contributed by atoms with E-state index in [1.165, 1.54) is 0 Å². The molecule has 0 saturated carbocycles. The standard InChI is InChI=1S/C10H17NO/c1-2-4-10(9-12)5-3-7-11-8-6-10/h2,9,11H,1,3-8H2. The van der Waals surface area contributed by atoms with E-state index in [4.69, 9.17) is 0 Å². The SMILES string of the molecule is C=CCC1(C=O)CCCNCC1. The van der Waals surface area contributed by atoms with E-state index in [9.17, 15) is 4.79 Å². The molecule has 0 aliphatic carbocycles. The summed E-state index contributed by atoms with van der Waals surface area (Å²) in [6, 6.07) is 0. The van der Waals surface area contributed by atoms with Gasteiger partial charge in [-0.15, -0.1) is 6.58 Å². The van der Waals surface area contributed by atoms with Gasteiger partial charge in [0.15, 0.2) is 0 Å². The molecule has 1 aliphatic heterocycles. The van der Waals surface area contributed by atoms with E-state index < -0.39 is 0 Å². The van der Waals surface area contributed by atoms with Gasteiger partial charge in [0.05, 0.1) is 0 Å². The van der Waals surface area contributed by atoms with Crippen molar-refractivity contribution in [3.63, 3.8) is 0 Å². The number of hydrogen-bond acceptors (Lipinski definition) is 2. The molecule has 0 radical (unpaired) electrons. The third-order valence-corrected chi connectivity index (χ3v) is 2.63. The summed E-state index contributed by atoms with van der Waals surface area (Å²) in [5.41, 5.74) is -0.106. The van der Waals surface area contributed by atoms with Crippen LogP contribution in [0, 0.1) is 5.41 Å². The molecule has 0 aromatic carbocycles. The average Bonchev–Trinajstić information content (AvgIpc) is 2.32. The third kappa shape index (κ3) is 2.18. The molecule has 1 aliphatic rings. The zero-order valence-corrected chi connectivity index (χ0v) is 7.51. The molecule has 1 rings (SSSR count). The fourth-order valence-corrected chi connectivity index (χ4v) is 1.81. The topological polar surface area (TPSA) is 29.1 Å². The monoisotopic (exact) mass is 167 g/mol. The normalized spacial score (nSPS) is 30.7. The second-order valence-corrected chi connectivity index (χ2v) is 3.58. The van der Waals surface area contributed by atoms with Crippen molar-refractivity contribution in [2.24, 2.45) is 5.41 Å². The molecule has 1 unspecified atom stereocenters. The molecular formula is C10H17NO. The predicted octanol–water partition coefficient (Wildman–Crippen LogP) is 1.52. The Morgan fingerprint density at radius 3 is 2.92 bits per heavy atom. The Labute approximate surface area is 74.0 Å². The van der Waals surface area contributed by atoms with Gasteiger partial charge in [0.2, 0.25) is 0 Å². The van der Waals surface area contributed by atoms with Gasteiger partial charge in [0.25, 0.3) is 0 Å². The highest BCUT2D eigenvalue weighted by molar-refractivity contribution is 5.59. The number of carbonyl (C=O) groups is 1. The Morgan fingerprint density at radius 1 is 1.42 bits per heavy atom. The molecule has 0 spiro atoms. The van der Waals surface area contributed by atoms with Crippen LogP contribution in [0.25, 0.3) is 0 Å². The minimum absolute atomic E-state index is 0.106. The van der Waals surface area contributed by atoms with Crippen LogP contribution in [0.2, 0.25) is 0 Å². The van der Waals surface area contributed by atoms with Crippen molar-refractivity contribution in [1.29, 1.82) is 0 Å². The Morgan fingerprint density at radius 2 is 2.25 bits per heavy atom. The summed E-state index contributed by atoms with van der Waals surface area (Å²) in [5, 5.41) is 3.30. The fourth-order valence-electron chi connectivity index (χ4n) is 1.81. The smallest absolute Gasteiger partial charge is 0.126 e. The van der Waals surface area contributed by atoms with Crippen LogP contribution < -0.4 is 5.32 Å². The van der Waals surface area contributed by atoms with E-state index >= 15 is 0 Å². The van der Waals surface area contributed by atoms with Crippen LogP contribution in [0.15, 0.2) is 12.7 Å². The predicted molar refractivity (Wildman–Crippen MR) is 50.0 cm³/mol. The number of carbonyl (C=O) groups excluding carboxylic acids is 1. The van der Waals surface area contributed by atoms with E-state index in [0.717, 1.165) is 45.1 Å². The molecule has 1 atom stereocenters. The Bertz CT molecular complexity index is 157. The molecule has 12 heavy (non-hydrogen) atoms. The molecule has 0 bridgehead atoms. The molecule has 1 fully saturated rings. The first-order valence-corrected chi connectivity index (χ1v) is 4.61. The van der Waals surface area contributed by atoms with E-state index in [1.807, 2.05) is 6.08 Å². The molecule has 0 aromatic heterocycles. The van der Waals surface area contributed by atoms with E-state index in [-0.39, 0.29) is 5.41 Å². The first kappa shape index (κ1) is 9.46. The summed E-state index contributed by atoms with van der Waals surface area (Å²) in [6.45, 7) is 5.71. The molecule has 1 N–H and O–H groups in total. The zero-order valence-electron chi connectivity index (χ0n) is 7.51. The Balaban J connectivity index is 2.60. The second kappa shape index (κ2) is 4.41. The summed E-state index contributed by atoms with van der Waals surface area (Å²) in [7, 11) is 0. The van der Waals surface area contributed by atoms with Crippen molar-refractivity contribution < 1.29 is 4.79 Å². The molecular weight excluding hydrogens is 150 g/mol. The Hall–Kier alpha value is -0.630. The van der Waals surface area contributed by atoms with Crippen LogP contribution in [-0.4, -0.2) is 19.4 Å². The van der Waals surface area contributed by atoms with Crippen molar-refractivity contribution in [1.82, 2.24) is 5.32 Å². The highest BCUT2D eigenvalue weighted by Crippen LogP contribution is 2.31. The quantitative estimate of drug-likeness (QED) is 0.510. The molecule has 1 saturated heterocycles. The number of aldehydes is 1. The van der Waals surface area contributed by atoms with Crippen LogP contribution in [0.1, 0.15) is 25.7 Å². The number of hydrogen-bond donors (Lipinski definition) is 1. The van der Waals surface area contributed by atoms with Crippen molar-refractivity contribution in [3.05, 3.63) is 12.7 Å².